The van der Waals surface area contributed by atoms with Crippen molar-refractivity contribution in [3.63, 3.8) is 0 Å². The lowest BCUT2D eigenvalue weighted by molar-refractivity contribution is -0.148. The summed E-state index contributed by atoms with van der Waals surface area (Å²) in [6, 6.07) is 3.83. The number of esters is 1. The Labute approximate surface area is 125 Å². The lowest BCUT2D eigenvalue weighted by Crippen LogP contribution is -2.55. The number of nitrogens with zero attached hydrogens (tertiary/aromatic N) is 1. The molecule has 19 heavy (non-hydrogen) atoms. The van der Waals surface area contributed by atoms with E-state index in [-0.39, 0.29) is 5.97 Å². The van der Waals surface area contributed by atoms with Gasteiger partial charge in [0.1, 0.15) is 10.6 Å². The Balaban J connectivity index is 2.13. The molecule has 6 heteroatoms. The Morgan fingerprint density at radius 2 is 2.42 bits per heavy atom. The summed E-state index contributed by atoms with van der Waals surface area (Å²) in [5.41, 5.74) is -0.601. The molecule has 1 aliphatic carbocycles. The first-order chi connectivity index (χ1) is 9.14. The molecule has 0 amide bonds. The van der Waals surface area contributed by atoms with Crippen molar-refractivity contribution in [2.24, 2.45) is 5.92 Å². The number of halogens is 1. The van der Waals surface area contributed by atoms with Gasteiger partial charge in [0.2, 0.25) is 0 Å². The first-order valence-electron chi connectivity index (χ1n) is 6.14. The second-order valence-corrected chi connectivity index (χ2v) is 6.38. The van der Waals surface area contributed by atoms with E-state index in [0.29, 0.717) is 11.7 Å². The Kier molecular flexibility index (Phi) is 4.86. The minimum Gasteiger partial charge on any atom is -0.468 e. The molecule has 104 valence electrons. The molecule has 0 aromatic carbocycles. The van der Waals surface area contributed by atoms with Gasteiger partial charge < -0.3 is 10.1 Å². The fourth-order valence-electron chi connectivity index (χ4n) is 2.14. The Morgan fingerprint density at radius 1 is 1.68 bits per heavy atom. The highest BCUT2D eigenvalue weighted by molar-refractivity contribution is 9.10. The second-order valence-electron chi connectivity index (χ2n) is 4.57. The summed E-state index contributed by atoms with van der Waals surface area (Å²) in [7, 11) is 3.27. The molecule has 2 rings (SSSR count). The van der Waals surface area contributed by atoms with Crippen LogP contribution in [0.4, 0.5) is 0 Å². The highest BCUT2D eigenvalue weighted by Gasteiger charge is 2.51. The zero-order chi connectivity index (χ0) is 13.9. The van der Waals surface area contributed by atoms with Crippen molar-refractivity contribution >= 4 is 33.7 Å². The molecule has 1 heterocycles. The number of ether oxygens (including phenoxy) is 1. The molecule has 0 radical (unpaired) electrons. The molecule has 1 saturated carbocycles. The van der Waals surface area contributed by atoms with E-state index in [9.17, 15) is 4.79 Å². The summed E-state index contributed by atoms with van der Waals surface area (Å²) in [4.78, 5) is 16.4. The smallest absolute Gasteiger partial charge is 0.327 e. The van der Waals surface area contributed by atoms with E-state index in [0.717, 1.165) is 22.3 Å². The molecule has 1 aromatic heterocycles. The van der Waals surface area contributed by atoms with E-state index in [4.69, 9.17) is 4.74 Å². The normalized spacial score (nSPS) is 17.8. The third-order valence-electron chi connectivity index (χ3n) is 3.43. The van der Waals surface area contributed by atoms with Crippen LogP contribution in [0.5, 0.6) is 0 Å². The highest BCUT2D eigenvalue weighted by atomic mass is 79.9. The van der Waals surface area contributed by atoms with E-state index in [1.165, 1.54) is 7.11 Å². The largest absolute Gasteiger partial charge is 0.468 e. The third kappa shape index (κ3) is 3.12. The van der Waals surface area contributed by atoms with E-state index in [1.807, 2.05) is 19.2 Å². The summed E-state index contributed by atoms with van der Waals surface area (Å²) in [5, 5.41) is 4.07. The van der Waals surface area contributed by atoms with Crippen LogP contribution in [-0.2, 0) is 9.53 Å². The average Bonchev–Trinajstić information content (AvgIpc) is 3.26. The van der Waals surface area contributed by atoms with Crippen molar-refractivity contribution in [1.82, 2.24) is 10.3 Å². The molecule has 1 aliphatic rings. The predicted octanol–water partition coefficient (Wildman–Crippen LogP) is 2.48. The number of thioether (sulfide) groups is 1. The number of pyridine rings is 1. The van der Waals surface area contributed by atoms with Crippen LogP contribution in [0.3, 0.4) is 0 Å². The molecule has 0 aliphatic heterocycles. The van der Waals surface area contributed by atoms with E-state index in [1.54, 1.807) is 18.0 Å². The molecule has 1 N–H and O–H groups in total. The Morgan fingerprint density at radius 3 is 2.95 bits per heavy atom. The van der Waals surface area contributed by atoms with Gasteiger partial charge in [0.05, 0.1) is 7.11 Å². The van der Waals surface area contributed by atoms with E-state index in [2.05, 4.69) is 26.2 Å². The number of hydrogen-bond donors (Lipinski definition) is 1. The van der Waals surface area contributed by atoms with Crippen LogP contribution in [0.15, 0.2) is 27.8 Å². The summed E-state index contributed by atoms with van der Waals surface area (Å²) in [6.45, 7) is 0. The molecular weight excluding hydrogens is 328 g/mol. The van der Waals surface area contributed by atoms with Gasteiger partial charge in [-0.05, 0) is 53.9 Å². The molecule has 0 bridgehead atoms. The number of nitrogens with one attached hydrogen (secondary N) is 1. The second kappa shape index (κ2) is 6.24. The maximum atomic E-state index is 12.1. The number of aromatic nitrogens is 1. The minimum absolute atomic E-state index is 0.183. The van der Waals surface area contributed by atoms with Gasteiger partial charge in [0.15, 0.2) is 0 Å². The van der Waals surface area contributed by atoms with Crippen molar-refractivity contribution in [3.8, 4) is 0 Å². The number of rotatable bonds is 6. The van der Waals surface area contributed by atoms with Gasteiger partial charge in [-0.25, -0.2) is 4.98 Å². The topological polar surface area (TPSA) is 51.2 Å². The van der Waals surface area contributed by atoms with Crippen molar-refractivity contribution < 1.29 is 9.53 Å². The monoisotopic (exact) mass is 344 g/mol. The van der Waals surface area contributed by atoms with Crippen LogP contribution in [0, 0.1) is 5.92 Å². The van der Waals surface area contributed by atoms with Gasteiger partial charge in [-0.3, -0.25) is 4.79 Å². The summed E-state index contributed by atoms with van der Waals surface area (Å²) in [5.74, 6) is 0.799. The molecule has 0 saturated heterocycles. The van der Waals surface area contributed by atoms with Gasteiger partial charge >= 0.3 is 5.97 Å². The number of likely N-dealkylation sites (N-methyl/N-ethyl adjacent to an activating group) is 1. The van der Waals surface area contributed by atoms with Crippen molar-refractivity contribution in [2.45, 2.75) is 23.4 Å². The van der Waals surface area contributed by atoms with Crippen LogP contribution < -0.4 is 5.32 Å². The maximum absolute atomic E-state index is 12.1. The number of hydrogen-bond acceptors (Lipinski definition) is 5. The molecule has 0 spiro atoms. The SMILES string of the molecule is CNC(CSc1ncccc1Br)(C(=O)OC)C1CC1. The van der Waals surface area contributed by atoms with E-state index < -0.39 is 5.54 Å². The van der Waals surface area contributed by atoms with Gasteiger partial charge in [0.25, 0.3) is 0 Å². The summed E-state index contributed by atoms with van der Waals surface area (Å²) >= 11 is 5.04. The Bertz CT molecular complexity index is 468. The lowest BCUT2D eigenvalue weighted by Gasteiger charge is -2.30. The summed E-state index contributed by atoms with van der Waals surface area (Å²) < 4.78 is 5.93. The van der Waals surface area contributed by atoms with Gasteiger partial charge in [-0.15, -0.1) is 11.8 Å². The number of methoxy groups -OCH3 is 1. The quantitative estimate of drug-likeness (QED) is 0.634. The molecule has 1 aromatic rings. The molecule has 1 unspecified atom stereocenters. The summed E-state index contributed by atoms with van der Waals surface area (Å²) in [6.07, 6.45) is 3.89. The Hall–Kier alpha value is -0.590. The van der Waals surface area contributed by atoms with Crippen LogP contribution in [0.2, 0.25) is 0 Å². The zero-order valence-corrected chi connectivity index (χ0v) is 13.4. The predicted molar refractivity (Wildman–Crippen MR) is 79.2 cm³/mol. The number of carbonyl (C=O) groups excluding carboxylic acids is 1. The minimum atomic E-state index is -0.601. The maximum Gasteiger partial charge on any atom is 0.327 e. The average molecular weight is 345 g/mol. The van der Waals surface area contributed by atoms with Crippen molar-refractivity contribution in [2.75, 3.05) is 19.9 Å². The molecule has 4 nitrogen and oxygen atoms in total. The van der Waals surface area contributed by atoms with Crippen LogP contribution in [-0.4, -0.2) is 36.4 Å². The van der Waals surface area contributed by atoms with Gasteiger partial charge in [-0.2, -0.15) is 0 Å². The van der Waals surface area contributed by atoms with Gasteiger partial charge in [0, 0.05) is 16.4 Å². The van der Waals surface area contributed by atoms with Crippen molar-refractivity contribution in [1.29, 1.82) is 0 Å². The van der Waals surface area contributed by atoms with Crippen LogP contribution >= 0.6 is 27.7 Å². The third-order valence-corrected chi connectivity index (χ3v) is 5.53. The first kappa shape index (κ1) is 14.8. The molecule has 1 fully saturated rings. The fourth-order valence-corrected chi connectivity index (χ4v) is 3.94. The van der Waals surface area contributed by atoms with Crippen LogP contribution in [0.25, 0.3) is 0 Å². The highest BCUT2D eigenvalue weighted by Crippen LogP contribution is 2.43. The van der Waals surface area contributed by atoms with Gasteiger partial charge in [-0.1, -0.05) is 0 Å². The standard InChI is InChI=1S/C13H17BrN2O2S/c1-15-13(9-5-6-9,12(17)18-2)8-19-11-10(14)4-3-7-16-11/h3-4,7,9,15H,5-6,8H2,1-2H3. The molecular formula is C13H17BrN2O2S. The van der Waals surface area contributed by atoms with Crippen molar-refractivity contribution in [3.05, 3.63) is 22.8 Å². The first-order valence-corrected chi connectivity index (χ1v) is 7.92. The van der Waals surface area contributed by atoms with E-state index >= 15 is 0 Å². The number of carbonyl (C=O) groups is 1. The lowest BCUT2D eigenvalue weighted by atomic mass is 9.96. The molecule has 1 atom stereocenters. The fraction of sp³-hybridized carbons (Fsp3) is 0.538. The zero-order valence-electron chi connectivity index (χ0n) is 11.0. The van der Waals surface area contributed by atoms with Crippen LogP contribution in [0.1, 0.15) is 12.8 Å².